The molecule has 1 saturated carbocycles. The molecule has 2 amide bonds. The van der Waals surface area contributed by atoms with Crippen molar-refractivity contribution in [3.8, 4) is 0 Å². The molecule has 0 radical (unpaired) electrons. The predicted molar refractivity (Wildman–Crippen MR) is 106 cm³/mol. The van der Waals surface area contributed by atoms with Gasteiger partial charge < -0.3 is 26.7 Å². The van der Waals surface area contributed by atoms with Crippen molar-refractivity contribution < 1.29 is 9.59 Å². The first-order chi connectivity index (χ1) is 14.1. The second kappa shape index (κ2) is 8.87. The van der Waals surface area contributed by atoms with Crippen LogP contribution in [0.2, 0.25) is 0 Å². The van der Waals surface area contributed by atoms with Crippen molar-refractivity contribution in [3.63, 3.8) is 0 Å². The van der Waals surface area contributed by atoms with Crippen molar-refractivity contribution in [3.05, 3.63) is 47.7 Å². The highest BCUT2D eigenvalue weighted by Gasteiger charge is 2.28. The standard InChI is InChI=1S/C18H21N9O2/c1-20-14(17(28)21-2)12(5-19)27-18(29)15-16(25-11-6-22-9-23-7-11)24-8-13(26-15)10-3-4-10/h5-10,19-20H,3-4H2,1-2H3,(H,21,28)(H,24,25)(H,27,29)/b14-12+,19-5?. The number of rotatable bonds is 8. The molecule has 150 valence electrons. The Balaban J connectivity index is 1.95. The maximum absolute atomic E-state index is 13.0. The van der Waals surface area contributed by atoms with E-state index in [4.69, 9.17) is 5.41 Å². The molecule has 0 bridgehead atoms. The van der Waals surface area contributed by atoms with Crippen LogP contribution in [-0.4, -0.2) is 52.1 Å². The molecular formula is C18H21N9O2. The highest BCUT2D eigenvalue weighted by molar-refractivity contribution is 6.04. The van der Waals surface area contributed by atoms with Gasteiger partial charge >= 0.3 is 0 Å². The fourth-order valence-electron chi connectivity index (χ4n) is 2.58. The number of carbonyl (C=O) groups is 2. The number of amides is 2. The Morgan fingerprint density at radius 3 is 2.45 bits per heavy atom. The van der Waals surface area contributed by atoms with Gasteiger partial charge in [-0.15, -0.1) is 0 Å². The van der Waals surface area contributed by atoms with Gasteiger partial charge in [-0.3, -0.25) is 9.59 Å². The number of likely N-dealkylation sites (N-methyl/N-ethyl adjacent to an activating group) is 2. The summed E-state index contributed by atoms with van der Waals surface area (Å²) >= 11 is 0. The Kier molecular flexibility index (Phi) is 6.07. The van der Waals surface area contributed by atoms with Gasteiger partial charge in [-0.25, -0.2) is 19.9 Å². The van der Waals surface area contributed by atoms with E-state index in [9.17, 15) is 9.59 Å². The highest BCUT2D eigenvalue weighted by atomic mass is 16.2. The van der Waals surface area contributed by atoms with Crippen molar-refractivity contribution in [1.29, 1.82) is 5.41 Å². The minimum Gasteiger partial charge on any atom is -0.382 e. The number of nitrogens with zero attached hydrogens (tertiary/aromatic N) is 4. The van der Waals surface area contributed by atoms with E-state index < -0.39 is 11.8 Å². The summed E-state index contributed by atoms with van der Waals surface area (Å²) in [5, 5.41) is 18.3. The van der Waals surface area contributed by atoms with Gasteiger partial charge in [-0.1, -0.05) is 0 Å². The topological polar surface area (TPSA) is 158 Å². The normalized spacial score (nSPS) is 13.7. The van der Waals surface area contributed by atoms with Crippen LogP contribution in [0.4, 0.5) is 11.5 Å². The molecule has 1 aliphatic rings. The fraction of sp³-hybridized carbons (Fsp3) is 0.278. The molecule has 0 aliphatic heterocycles. The molecule has 0 saturated heterocycles. The van der Waals surface area contributed by atoms with Crippen molar-refractivity contribution in [1.82, 2.24) is 35.9 Å². The van der Waals surface area contributed by atoms with E-state index in [-0.39, 0.29) is 22.9 Å². The second-order valence-corrected chi connectivity index (χ2v) is 6.23. The Morgan fingerprint density at radius 2 is 1.86 bits per heavy atom. The Morgan fingerprint density at radius 1 is 1.14 bits per heavy atom. The number of aromatic nitrogens is 4. The van der Waals surface area contributed by atoms with Crippen LogP contribution in [0.3, 0.4) is 0 Å². The summed E-state index contributed by atoms with van der Waals surface area (Å²) in [5.74, 6) is -0.560. The lowest BCUT2D eigenvalue weighted by Crippen LogP contribution is -2.35. The largest absolute Gasteiger partial charge is 0.382 e. The molecule has 2 aromatic heterocycles. The molecule has 1 aliphatic carbocycles. The maximum Gasteiger partial charge on any atom is 0.278 e. The third-order valence-corrected chi connectivity index (χ3v) is 4.19. The molecule has 2 heterocycles. The van der Waals surface area contributed by atoms with Crippen LogP contribution in [0, 0.1) is 5.41 Å². The quantitative estimate of drug-likeness (QED) is 0.318. The Hall–Kier alpha value is -3.89. The van der Waals surface area contributed by atoms with E-state index in [1.807, 2.05) is 0 Å². The van der Waals surface area contributed by atoms with Gasteiger partial charge in [0.1, 0.15) is 12.0 Å². The molecule has 1 fully saturated rings. The molecule has 29 heavy (non-hydrogen) atoms. The van der Waals surface area contributed by atoms with Gasteiger partial charge in [0, 0.05) is 26.2 Å². The predicted octanol–water partition coefficient (Wildman–Crippen LogP) is 0.444. The number of hydrogen-bond acceptors (Lipinski definition) is 9. The average Bonchev–Trinajstić information content (AvgIpc) is 3.59. The summed E-state index contributed by atoms with van der Waals surface area (Å²) in [4.78, 5) is 41.6. The van der Waals surface area contributed by atoms with E-state index in [0.29, 0.717) is 11.6 Å². The van der Waals surface area contributed by atoms with Crippen LogP contribution < -0.4 is 21.3 Å². The highest BCUT2D eigenvalue weighted by Crippen LogP contribution is 2.39. The number of nitrogens with one attached hydrogen (secondary N) is 5. The van der Waals surface area contributed by atoms with E-state index in [2.05, 4.69) is 41.2 Å². The first-order valence-electron chi connectivity index (χ1n) is 8.92. The van der Waals surface area contributed by atoms with Crippen molar-refractivity contribution >= 4 is 29.5 Å². The van der Waals surface area contributed by atoms with Crippen LogP contribution in [0.15, 0.2) is 36.3 Å². The maximum atomic E-state index is 13.0. The SMILES string of the molecule is CNC(=O)/C(NC)=C(/C=N)NC(=O)c1nc(C2CC2)cnc1Nc1cncnc1. The van der Waals surface area contributed by atoms with Crippen molar-refractivity contribution in [2.45, 2.75) is 18.8 Å². The third kappa shape index (κ3) is 4.69. The molecule has 0 aromatic carbocycles. The minimum atomic E-state index is -0.602. The molecule has 5 N–H and O–H groups in total. The molecule has 11 nitrogen and oxygen atoms in total. The van der Waals surface area contributed by atoms with Crippen molar-refractivity contribution in [2.24, 2.45) is 0 Å². The van der Waals surface area contributed by atoms with Gasteiger partial charge in [0.25, 0.3) is 11.8 Å². The van der Waals surface area contributed by atoms with Crippen LogP contribution in [0.1, 0.15) is 34.9 Å². The molecular weight excluding hydrogens is 374 g/mol. The lowest BCUT2D eigenvalue weighted by atomic mass is 10.2. The van der Waals surface area contributed by atoms with Gasteiger partial charge in [0.05, 0.1) is 35.7 Å². The molecule has 2 aromatic rings. The fourth-order valence-corrected chi connectivity index (χ4v) is 2.58. The lowest BCUT2D eigenvalue weighted by Gasteiger charge is -2.14. The molecule has 3 rings (SSSR count). The van der Waals surface area contributed by atoms with Gasteiger partial charge in [0.15, 0.2) is 11.5 Å². The van der Waals surface area contributed by atoms with Gasteiger partial charge in [-0.2, -0.15) is 0 Å². The first-order valence-corrected chi connectivity index (χ1v) is 8.92. The van der Waals surface area contributed by atoms with E-state index >= 15 is 0 Å². The van der Waals surface area contributed by atoms with Gasteiger partial charge in [-0.05, 0) is 12.8 Å². The van der Waals surface area contributed by atoms with Crippen LogP contribution in [-0.2, 0) is 4.79 Å². The summed E-state index contributed by atoms with van der Waals surface area (Å²) in [6, 6.07) is 0. The molecule has 0 atom stereocenters. The zero-order valence-corrected chi connectivity index (χ0v) is 16.0. The average molecular weight is 395 g/mol. The number of anilines is 2. The summed E-state index contributed by atoms with van der Waals surface area (Å²) < 4.78 is 0. The second-order valence-electron chi connectivity index (χ2n) is 6.23. The first kappa shape index (κ1) is 19.9. The van der Waals surface area contributed by atoms with Crippen LogP contribution in [0.5, 0.6) is 0 Å². The third-order valence-electron chi connectivity index (χ3n) is 4.19. The Labute approximate surface area is 167 Å². The molecule has 0 spiro atoms. The van der Waals surface area contributed by atoms with Crippen LogP contribution >= 0.6 is 0 Å². The van der Waals surface area contributed by atoms with E-state index in [1.165, 1.54) is 20.4 Å². The van der Waals surface area contributed by atoms with E-state index in [1.54, 1.807) is 18.6 Å². The number of allylic oxidation sites excluding steroid dienone is 1. The zero-order valence-electron chi connectivity index (χ0n) is 16.0. The summed E-state index contributed by atoms with van der Waals surface area (Å²) in [6.07, 6.45) is 8.99. The number of hydrogen-bond donors (Lipinski definition) is 5. The monoisotopic (exact) mass is 395 g/mol. The summed E-state index contributed by atoms with van der Waals surface area (Å²) in [5.41, 5.74) is 1.37. The minimum absolute atomic E-state index is 0.00414. The Bertz CT molecular complexity index is 955. The molecule has 0 unspecified atom stereocenters. The summed E-state index contributed by atoms with van der Waals surface area (Å²) in [6.45, 7) is 0. The molecule has 11 heteroatoms. The van der Waals surface area contributed by atoms with Gasteiger partial charge in [0.2, 0.25) is 0 Å². The lowest BCUT2D eigenvalue weighted by molar-refractivity contribution is -0.117. The number of carbonyl (C=O) groups excluding carboxylic acids is 2. The van der Waals surface area contributed by atoms with Crippen molar-refractivity contribution in [2.75, 3.05) is 19.4 Å². The zero-order chi connectivity index (χ0) is 20.8. The smallest absolute Gasteiger partial charge is 0.278 e. The van der Waals surface area contributed by atoms with Crippen LogP contribution in [0.25, 0.3) is 0 Å². The summed E-state index contributed by atoms with van der Waals surface area (Å²) in [7, 11) is 2.98. The van der Waals surface area contributed by atoms with E-state index in [0.717, 1.165) is 24.8 Å².